The maximum absolute atomic E-state index is 10.7. The summed E-state index contributed by atoms with van der Waals surface area (Å²) < 4.78 is 0. The van der Waals surface area contributed by atoms with Crippen LogP contribution in [0, 0.1) is 0 Å². The highest BCUT2D eigenvalue weighted by atomic mass is 35.5. The third-order valence-corrected chi connectivity index (χ3v) is 4.42. The average Bonchev–Trinajstić information content (AvgIpc) is 2.90. The van der Waals surface area contributed by atoms with Gasteiger partial charge in [-0.15, -0.1) is 11.3 Å². The standard InChI is InChI=1S/C14H14ClNOS/c1-10(14-4-3-7-18-14)16(2)12-6-5-11(9-17)13(15)8-12/h3-10H,1-2H3. The smallest absolute Gasteiger partial charge is 0.151 e. The molecular formula is C14H14ClNOS. The predicted molar refractivity (Wildman–Crippen MR) is 78.0 cm³/mol. The topological polar surface area (TPSA) is 20.3 Å². The first-order valence-electron chi connectivity index (χ1n) is 5.64. The Kier molecular flexibility index (Phi) is 4.04. The van der Waals surface area contributed by atoms with E-state index >= 15 is 0 Å². The van der Waals surface area contributed by atoms with Gasteiger partial charge in [0.25, 0.3) is 0 Å². The lowest BCUT2D eigenvalue weighted by molar-refractivity contribution is 0.112. The minimum Gasteiger partial charge on any atom is -0.367 e. The van der Waals surface area contributed by atoms with E-state index in [2.05, 4.69) is 23.3 Å². The molecule has 1 aromatic carbocycles. The van der Waals surface area contributed by atoms with Gasteiger partial charge in [0.2, 0.25) is 0 Å². The van der Waals surface area contributed by atoms with Crippen LogP contribution in [0.25, 0.3) is 0 Å². The molecule has 1 aromatic heterocycles. The van der Waals surface area contributed by atoms with E-state index in [4.69, 9.17) is 11.6 Å². The van der Waals surface area contributed by atoms with Crippen LogP contribution in [0.5, 0.6) is 0 Å². The zero-order chi connectivity index (χ0) is 13.1. The van der Waals surface area contributed by atoms with Gasteiger partial charge in [0.15, 0.2) is 6.29 Å². The Morgan fingerprint density at radius 2 is 2.17 bits per heavy atom. The highest BCUT2D eigenvalue weighted by Gasteiger charge is 2.14. The lowest BCUT2D eigenvalue weighted by Gasteiger charge is -2.26. The summed E-state index contributed by atoms with van der Waals surface area (Å²) in [6.07, 6.45) is 0.773. The van der Waals surface area contributed by atoms with Crippen LogP contribution >= 0.6 is 22.9 Å². The molecule has 0 spiro atoms. The zero-order valence-corrected chi connectivity index (χ0v) is 11.8. The van der Waals surface area contributed by atoms with Crippen LogP contribution in [0.3, 0.4) is 0 Å². The van der Waals surface area contributed by atoms with Gasteiger partial charge in [-0.2, -0.15) is 0 Å². The van der Waals surface area contributed by atoms with Crippen molar-refractivity contribution in [3.8, 4) is 0 Å². The number of carbonyl (C=O) groups excluding carboxylic acids is 1. The van der Waals surface area contributed by atoms with E-state index in [9.17, 15) is 4.79 Å². The maximum atomic E-state index is 10.7. The average molecular weight is 280 g/mol. The van der Waals surface area contributed by atoms with Crippen molar-refractivity contribution in [2.75, 3.05) is 11.9 Å². The molecule has 1 unspecified atom stereocenters. The van der Waals surface area contributed by atoms with Crippen LogP contribution in [-0.4, -0.2) is 13.3 Å². The van der Waals surface area contributed by atoms with E-state index in [0.29, 0.717) is 10.6 Å². The number of hydrogen-bond donors (Lipinski definition) is 0. The minimum atomic E-state index is 0.281. The maximum Gasteiger partial charge on any atom is 0.151 e. The Balaban J connectivity index is 2.26. The summed E-state index contributed by atoms with van der Waals surface area (Å²) in [5.74, 6) is 0. The fourth-order valence-electron chi connectivity index (χ4n) is 1.77. The van der Waals surface area contributed by atoms with E-state index in [0.717, 1.165) is 12.0 Å². The van der Waals surface area contributed by atoms with E-state index < -0.39 is 0 Å². The molecule has 2 aromatic rings. The van der Waals surface area contributed by atoms with E-state index in [-0.39, 0.29) is 6.04 Å². The molecule has 0 aliphatic carbocycles. The Morgan fingerprint density at radius 3 is 2.72 bits per heavy atom. The Morgan fingerprint density at radius 1 is 1.39 bits per heavy atom. The fourth-order valence-corrected chi connectivity index (χ4v) is 2.82. The van der Waals surface area contributed by atoms with Crippen molar-refractivity contribution in [2.24, 2.45) is 0 Å². The van der Waals surface area contributed by atoms with Crippen molar-refractivity contribution in [1.82, 2.24) is 0 Å². The van der Waals surface area contributed by atoms with Crippen LogP contribution in [0.1, 0.15) is 28.2 Å². The van der Waals surface area contributed by atoms with Gasteiger partial charge >= 0.3 is 0 Å². The fraction of sp³-hybridized carbons (Fsp3) is 0.214. The highest BCUT2D eigenvalue weighted by molar-refractivity contribution is 7.10. The van der Waals surface area contributed by atoms with Crippen molar-refractivity contribution < 1.29 is 4.79 Å². The second-order valence-electron chi connectivity index (χ2n) is 4.13. The van der Waals surface area contributed by atoms with Gasteiger partial charge in [0, 0.05) is 23.2 Å². The zero-order valence-electron chi connectivity index (χ0n) is 10.3. The molecule has 0 bridgehead atoms. The molecule has 0 N–H and O–H groups in total. The number of benzene rings is 1. The van der Waals surface area contributed by atoms with Crippen LogP contribution in [0.4, 0.5) is 5.69 Å². The van der Waals surface area contributed by atoms with Crippen LogP contribution in [0.2, 0.25) is 5.02 Å². The van der Waals surface area contributed by atoms with Crippen LogP contribution in [0.15, 0.2) is 35.7 Å². The molecule has 0 fully saturated rings. The third kappa shape index (κ3) is 2.57. The number of thiophene rings is 1. The molecule has 0 aliphatic heterocycles. The highest BCUT2D eigenvalue weighted by Crippen LogP contribution is 2.30. The quantitative estimate of drug-likeness (QED) is 0.773. The second kappa shape index (κ2) is 5.55. The molecule has 0 amide bonds. The molecule has 18 heavy (non-hydrogen) atoms. The number of halogens is 1. The van der Waals surface area contributed by atoms with Crippen molar-refractivity contribution >= 4 is 34.9 Å². The molecule has 2 nitrogen and oxygen atoms in total. The normalized spacial score (nSPS) is 12.2. The lowest BCUT2D eigenvalue weighted by Crippen LogP contribution is -2.20. The molecule has 1 atom stereocenters. The molecule has 94 valence electrons. The Labute approximate surface area is 116 Å². The largest absolute Gasteiger partial charge is 0.367 e. The first-order valence-corrected chi connectivity index (χ1v) is 6.90. The van der Waals surface area contributed by atoms with Gasteiger partial charge in [-0.3, -0.25) is 4.79 Å². The first-order chi connectivity index (χ1) is 8.63. The number of aldehydes is 1. The summed E-state index contributed by atoms with van der Waals surface area (Å²) in [5.41, 5.74) is 1.53. The summed E-state index contributed by atoms with van der Waals surface area (Å²) in [5, 5.41) is 2.56. The van der Waals surface area contributed by atoms with Gasteiger partial charge in [-0.25, -0.2) is 0 Å². The van der Waals surface area contributed by atoms with Crippen LogP contribution in [-0.2, 0) is 0 Å². The van der Waals surface area contributed by atoms with Crippen molar-refractivity contribution in [1.29, 1.82) is 0 Å². The molecular weight excluding hydrogens is 266 g/mol. The number of anilines is 1. The molecule has 0 saturated heterocycles. The van der Waals surface area contributed by atoms with Crippen molar-refractivity contribution in [3.63, 3.8) is 0 Å². The van der Waals surface area contributed by atoms with E-state index in [1.807, 2.05) is 25.2 Å². The summed E-state index contributed by atoms with van der Waals surface area (Å²) in [6.45, 7) is 2.15. The SMILES string of the molecule is CC(c1cccs1)N(C)c1ccc(C=O)c(Cl)c1. The molecule has 4 heteroatoms. The van der Waals surface area contributed by atoms with Gasteiger partial charge < -0.3 is 4.90 Å². The Hall–Kier alpha value is -1.32. The summed E-state index contributed by atoms with van der Waals surface area (Å²) in [7, 11) is 2.02. The molecule has 0 radical (unpaired) electrons. The molecule has 1 heterocycles. The monoisotopic (exact) mass is 279 g/mol. The first kappa shape index (κ1) is 13.1. The predicted octanol–water partition coefficient (Wildman–Crippen LogP) is 4.41. The number of rotatable bonds is 4. The second-order valence-corrected chi connectivity index (χ2v) is 5.51. The van der Waals surface area contributed by atoms with Crippen molar-refractivity contribution in [3.05, 3.63) is 51.2 Å². The van der Waals surface area contributed by atoms with Gasteiger partial charge in [0.1, 0.15) is 0 Å². The van der Waals surface area contributed by atoms with Gasteiger partial charge in [-0.1, -0.05) is 17.7 Å². The Bertz CT molecular complexity index is 539. The molecule has 0 aliphatic rings. The third-order valence-electron chi connectivity index (χ3n) is 3.05. The number of nitrogens with zero attached hydrogens (tertiary/aromatic N) is 1. The van der Waals surface area contributed by atoms with E-state index in [1.54, 1.807) is 17.4 Å². The number of hydrogen-bond acceptors (Lipinski definition) is 3. The number of carbonyl (C=O) groups is 1. The van der Waals surface area contributed by atoms with E-state index in [1.165, 1.54) is 4.88 Å². The summed E-state index contributed by atoms with van der Waals surface area (Å²) in [6, 6.07) is 9.94. The minimum absolute atomic E-state index is 0.281. The van der Waals surface area contributed by atoms with Crippen LogP contribution < -0.4 is 4.90 Å². The van der Waals surface area contributed by atoms with Gasteiger partial charge in [0.05, 0.1) is 11.1 Å². The molecule has 2 rings (SSSR count). The van der Waals surface area contributed by atoms with Crippen molar-refractivity contribution in [2.45, 2.75) is 13.0 Å². The summed E-state index contributed by atoms with van der Waals surface area (Å²) in [4.78, 5) is 14.2. The van der Waals surface area contributed by atoms with Gasteiger partial charge in [-0.05, 0) is 36.6 Å². The molecule has 0 saturated carbocycles. The lowest BCUT2D eigenvalue weighted by atomic mass is 10.1. The summed E-state index contributed by atoms with van der Waals surface area (Å²) >= 11 is 7.78.